The molecule has 2 aromatic heterocycles. The standard InChI is InChI=1S/C26H24N2O4S/c1-16-23(27-25(32-16)22-10-7-13-33-22)26(29)28-12-11-18-14-20(30-2)21(31-3)15-19(18)24(28)17-8-5-4-6-9-17/h4-10,13-15,24H,11-12H2,1-3H3. The number of hydrogen-bond donors (Lipinski definition) is 0. The number of nitrogens with zero attached hydrogens (tertiary/aromatic N) is 2. The summed E-state index contributed by atoms with van der Waals surface area (Å²) in [5, 5.41) is 1.96. The van der Waals surface area contributed by atoms with Gasteiger partial charge in [-0.25, -0.2) is 4.98 Å². The zero-order chi connectivity index (χ0) is 22.9. The van der Waals surface area contributed by atoms with Crippen LogP contribution in [0.15, 0.2) is 64.4 Å². The Kier molecular flexibility index (Phi) is 5.64. The first-order chi connectivity index (χ1) is 16.1. The summed E-state index contributed by atoms with van der Waals surface area (Å²) in [4.78, 5) is 21.2. The van der Waals surface area contributed by atoms with Crippen molar-refractivity contribution in [2.45, 2.75) is 19.4 Å². The van der Waals surface area contributed by atoms with E-state index < -0.39 is 0 Å². The van der Waals surface area contributed by atoms with Crippen molar-refractivity contribution >= 4 is 17.2 Å². The summed E-state index contributed by atoms with van der Waals surface area (Å²) in [6.07, 6.45) is 0.708. The molecule has 4 aromatic rings. The minimum atomic E-state index is -0.274. The average Bonchev–Trinajstić information content (AvgIpc) is 3.52. The van der Waals surface area contributed by atoms with Gasteiger partial charge >= 0.3 is 0 Å². The fourth-order valence-corrected chi connectivity index (χ4v) is 5.04. The zero-order valence-corrected chi connectivity index (χ0v) is 19.5. The lowest BCUT2D eigenvalue weighted by Crippen LogP contribution is -2.41. The van der Waals surface area contributed by atoms with Crippen molar-refractivity contribution in [3.8, 4) is 22.3 Å². The van der Waals surface area contributed by atoms with Crippen molar-refractivity contribution in [3.05, 3.63) is 88.1 Å². The average molecular weight is 461 g/mol. The fourth-order valence-electron chi connectivity index (χ4n) is 4.40. The Labute approximate surface area is 196 Å². The van der Waals surface area contributed by atoms with Crippen LogP contribution in [0, 0.1) is 6.92 Å². The summed E-state index contributed by atoms with van der Waals surface area (Å²) < 4.78 is 17.0. The molecule has 3 heterocycles. The lowest BCUT2D eigenvalue weighted by atomic mass is 9.87. The minimum absolute atomic E-state index is 0.145. The Morgan fingerprint density at radius 1 is 1.09 bits per heavy atom. The quantitative estimate of drug-likeness (QED) is 0.393. The van der Waals surface area contributed by atoms with Gasteiger partial charge in [-0.2, -0.15) is 0 Å². The third kappa shape index (κ3) is 3.78. The molecule has 1 atom stereocenters. The summed E-state index contributed by atoms with van der Waals surface area (Å²) in [5.41, 5.74) is 3.54. The zero-order valence-electron chi connectivity index (χ0n) is 18.7. The van der Waals surface area contributed by atoms with Gasteiger partial charge in [-0.05, 0) is 53.6 Å². The number of benzene rings is 2. The number of hydrogen-bond acceptors (Lipinski definition) is 6. The molecule has 33 heavy (non-hydrogen) atoms. The van der Waals surface area contributed by atoms with E-state index in [1.807, 2.05) is 64.9 Å². The minimum Gasteiger partial charge on any atom is -0.493 e. The highest BCUT2D eigenvalue weighted by Gasteiger charge is 2.35. The largest absolute Gasteiger partial charge is 0.493 e. The topological polar surface area (TPSA) is 64.8 Å². The molecule has 1 aliphatic heterocycles. The van der Waals surface area contributed by atoms with Crippen LogP contribution in [0.2, 0.25) is 0 Å². The van der Waals surface area contributed by atoms with Crippen LogP contribution in [0.3, 0.4) is 0 Å². The van der Waals surface area contributed by atoms with E-state index in [0.717, 1.165) is 21.6 Å². The van der Waals surface area contributed by atoms with Gasteiger partial charge in [-0.15, -0.1) is 11.3 Å². The predicted molar refractivity (Wildman–Crippen MR) is 127 cm³/mol. The second kappa shape index (κ2) is 8.75. The molecular weight excluding hydrogens is 436 g/mol. The maximum Gasteiger partial charge on any atom is 0.276 e. The van der Waals surface area contributed by atoms with E-state index in [4.69, 9.17) is 13.9 Å². The smallest absolute Gasteiger partial charge is 0.276 e. The lowest BCUT2D eigenvalue weighted by molar-refractivity contribution is 0.0687. The summed E-state index contributed by atoms with van der Waals surface area (Å²) in [6.45, 7) is 2.35. The molecule has 0 saturated heterocycles. The van der Waals surface area contributed by atoms with E-state index in [-0.39, 0.29) is 11.9 Å². The number of fused-ring (bicyclic) bond motifs is 1. The molecule has 7 heteroatoms. The Morgan fingerprint density at radius 2 is 1.85 bits per heavy atom. The predicted octanol–water partition coefficient (Wildman–Crippen LogP) is 5.52. The van der Waals surface area contributed by atoms with Gasteiger partial charge in [0.1, 0.15) is 5.76 Å². The fraction of sp³-hybridized carbons (Fsp3) is 0.231. The number of ether oxygens (including phenoxy) is 2. The Bertz CT molecular complexity index is 1280. The number of carbonyl (C=O) groups excluding carboxylic acids is 1. The van der Waals surface area contributed by atoms with Gasteiger partial charge in [-0.1, -0.05) is 36.4 Å². The van der Waals surface area contributed by atoms with E-state index in [2.05, 4.69) is 4.98 Å². The molecule has 0 N–H and O–H groups in total. The van der Waals surface area contributed by atoms with Gasteiger partial charge in [0, 0.05) is 6.54 Å². The van der Waals surface area contributed by atoms with Crippen molar-refractivity contribution in [2.75, 3.05) is 20.8 Å². The number of amides is 1. The van der Waals surface area contributed by atoms with Crippen LogP contribution in [0.5, 0.6) is 11.5 Å². The molecule has 0 radical (unpaired) electrons. The highest BCUT2D eigenvalue weighted by Crippen LogP contribution is 2.41. The monoisotopic (exact) mass is 460 g/mol. The normalized spacial score (nSPS) is 15.2. The molecule has 0 aliphatic carbocycles. The number of aryl methyl sites for hydroxylation is 1. The third-order valence-corrected chi connectivity index (χ3v) is 6.84. The molecule has 5 rings (SSSR count). The first-order valence-electron chi connectivity index (χ1n) is 10.7. The highest BCUT2D eigenvalue weighted by atomic mass is 32.1. The van der Waals surface area contributed by atoms with E-state index in [1.54, 1.807) is 21.1 Å². The highest BCUT2D eigenvalue weighted by molar-refractivity contribution is 7.13. The number of rotatable bonds is 5. The first kappa shape index (κ1) is 21.3. The van der Waals surface area contributed by atoms with Crippen molar-refractivity contribution < 1.29 is 18.7 Å². The number of methoxy groups -OCH3 is 2. The van der Waals surface area contributed by atoms with Crippen molar-refractivity contribution in [2.24, 2.45) is 0 Å². The third-order valence-electron chi connectivity index (χ3n) is 5.98. The first-order valence-corrected chi connectivity index (χ1v) is 11.6. The van der Waals surface area contributed by atoms with E-state index in [9.17, 15) is 4.79 Å². The van der Waals surface area contributed by atoms with Gasteiger partial charge in [0.05, 0.1) is 25.1 Å². The van der Waals surface area contributed by atoms with Crippen molar-refractivity contribution in [1.29, 1.82) is 0 Å². The van der Waals surface area contributed by atoms with Crippen LogP contribution in [0.1, 0.15) is 39.0 Å². The second-order valence-electron chi connectivity index (χ2n) is 7.87. The van der Waals surface area contributed by atoms with Gasteiger partial charge in [0.2, 0.25) is 5.89 Å². The van der Waals surface area contributed by atoms with Crippen LogP contribution in [0.4, 0.5) is 0 Å². The van der Waals surface area contributed by atoms with Gasteiger partial charge < -0.3 is 18.8 Å². The number of aromatic nitrogens is 1. The Hall–Kier alpha value is -3.58. The van der Waals surface area contributed by atoms with E-state index >= 15 is 0 Å². The van der Waals surface area contributed by atoms with E-state index in [1.165, 1.54) is 11.3 Å². The maximum atomic E-state index is 13.8. The molecule has 0 fully saturated rings. The molecule has 0 bridgehead atoms. The maximum absolute atomic E-state index is 13.8. The second-order valence-corrected chi connectivity index (χ2v) is 8.82. The molecule has 1 amide bonds. The van der Waals surface area contributed by atoms with Crippen LogP contribution in [-0.4, -0.2) is 36.6 Å². The Morgan fingerprint density at radius 3 is 2.55 bits per heavy atom. The summed E-state index contributed by atoms with van der Waals surface area (Å²) in [5.74, 6) is 2.19. The molecule has 2 aromatic carbocycles. The Balaban J connectivity index is 1.60. The molecule has 1 aliphatic rings. The van der Waals surface area contributed by atoms with Gasteiger partial charge in [-0.3, -0.25) is 4.79 Å². The van der Waals surface area contributed by atoms with Crippen molar-refractivity contribution in [1.82, 2.24) is 9.88 Å². The van der Waals surface area contributed by atoms with Crippen LogP contribution < -0.4 is 9.47 Å². The number of carbonyl (C=O) groups is 1. The van der Waals surface area contributed by atoms with Crippen LogP contribution >= 0.6 is 11.3 Å². The molecule has 1 unspecified atom stereocenters. The number of oxazole rings is 1. The molecular formula is C26H24N2O4S. The molecule has 168 valence electrons. The van der Waals surface area contributed by atoms with Crippen LogP contribution in [0.25, 0.3) is 10.8 Å². The van der Waals surface area contributed by atoms with Gasteiger partial charge in [0.15, 0.2) is 17.2 Å². The summed E-state index contributed by atoms with van der Waals surface area (Å²) >= 11 is 1.53. The van der Waals surface area contributed by atoms with Crippen LogP contribution in [-0.2, 0) is 6.42 Å². The summed E-state index contributed by atoms with van der Waals surface area (Å²) in [6, 6.07) is 17.6. The SMILES string of the molecule is COc1cc2c(cc1OC)C(c1ccccc1)N(C(=O)c1nc(-c3cccs3)oc1C)CC2. The molecule has 0 saturated carbocycles. The number of thiophene rings is 1. The van der Waals surface area contributed by atoms with Crippen molar-refractivity contribution in [3.63, 3.8) is 0 Å². The molecule has 6 nitrogen and oxygen atoms in total. The van der Waals surface area contributed by atoms with Gasteiger partial charge in [0.25, 0.3) is 5.91 Å². The molecule has 0 spiro atoms. The van der Waals surface area contributed by atoms with E-state index in [0.29, 0.717) is 41.8 Å². The lowest BCUT2D eigenvalue weighted by Gasteiger charge is -2.38. The summed E-state index contributed by atoms with van der Waals surface area (Å²) in [7, 11) is 3.26.